The summed E-state index contributed by atoms with van der Waals surface area (Å²) in [5, 5.41) is 0. The molecule has 0 aliphatic heterocycles. The second kappa shape index (κ2) is 6.24. The summed E-state index contributed by atoms with van der Waals surface area (Å²) < 4.78 is 27.2. The monoisotopic (exact) mass is 296 g/mol. The van der Waals surface area contributed by atoms with Crippen LogP contribution in [0.3, 0.4) is 0 Å². The molecule has 1 aromatic carbocycles. The van der Waals surface area contributed by atoms with Crippen molar-refractivity contribution in [2.45, 2.75) is 44.9 Å². The van der Waals surface area contributed by atoms with Crippen molar-refractivity contribution >= 4 is 10.0 Å². The predicted molar refractivity (Wildman–Crippen MR) is 81.5 cm³/mol. The third-order valence-corrected chi connectivity index (χ3v) is 5.49. The maximum absolute atomic E-state index is 12.2. The zero-order chi connectivity index (χ0) is 14.6. The van der Waals surface area contributed by atoms with Crippen LogP contribution in [-0.4, -0.2) is 15.0 Å². The van der Waals surface area contributed by atoms with Gasteiger partial charge in [0.15, 0.2) is 0 Å². The summed E-state index contributed by atoms with van der Waals surface area (Å²) in [6.45, 7) is 3.07. The molecule has 2 rings (SSSR count). The summed E-state index contributed by atoms with van der Waals surface area (Å²) in [6.07, 6.45) is 4.62. The Morgan fingerprint density at radius 3 is 2.40 bits per heavy atom. The standard InChI is InChI=1S/C15H24N2O2S/c1-15(8-4-5-9-15)12-17-20(18,19)11-14-7-3-2-6-13(14)10-16/h2-3,6-7,17H,4-5,8-12,16H2,1H3. The molecule has 0 radical (unpaired) electrons. The van der Waals surface area contributed by atoms with Crippen molar-refractivity contribution in [3.8, 4) is 0 Å². The average Bonchev–Trinajstić information content (AvgIpc) is 2.85. The van der Waals surface area contributed by atoms with E-state index in [0.717, 1.165) is 24.0 Å². The summed E-state index contributed by atoms with van der Waals surface area (Å²) in [5.41, 5.74) is 7.46. The van der Waals surface area contributed by atoms with E-state index in [1.807, 2.05) is 24.3 Å². The minimum atomic E-state index is -3.30. The number of hydrogen-bond donors (Lipinski definition) is 2. The summed E-state index contributed by atoms with van der Waals surface area (Å²) in [5.74, 6) is 0.0104. The van der Waals surface area contributed by atoms with Crippen LogP contribution in [0.2, 0.25) is 0 Å². The molecule has 1 fully saturated rings. The number of rotatable bonds is 6. The fourth-order valence-electron chi connectivity index (χ4n) is 2.84. The third-order valence-electron chi connectivity index (χ3n) is 4.21. The number of nitrogens with one attached hydrogen (secondary N) is 1. The Morgan fingerprint density at radius 2 is 1.80 bits per heavy atom. The van der Waals surface area contributed by atoms with E-state index in [-0.39, 0.29) is 11.2 Å². The van der Waals surface area contributed by atoms with Crippen LogP contribution in [0.5, 0.6) is 0 Å². The molecule has 1 aliphatic carbocycles. The van der Waals surface area contributed by atoms with Gasteiger partial charge in [0, 0.05) is 13.1 Å². The van der Waals surface area contributed by atoms with Crippen molar-refractivity contribution in [3.63, 3.8) is 0 Å². The second-order valence-electron chi connectivity index (χ2n) is 6.07. The zero-order valence-corrected chi connectivity index (χ0v) is 12.9. The highest BCUT2D eigenvalue weighted by Crippen LogP contribution is 2.36. The van der Waals surface area contributed by atoms with Crippen molar-refractivity contribution in [2.75, 3.05) is 6.54 Å². The first kappa shape index (κ1) is 15.5. The molecule has 0 bridgehead atoms. The Hall–Kier alpha value is -0.910. The van der Waals surface area contributed by atoms with Gasteiger partial charge in [-0.15, -0.1) is 0 Å². The van der Waals surface area contributed by atoms with Crippen molar-refractivity contribution in [2.24, 2.45) is 11.1 Å². The lowest BCUT2D eigenvalue weighted by Gasteiger charge is -2.23. The fraction of sp³-hybridized carbons (Fsp3) is 0.600. The number of sulfonamides is 1. The lowest BCUT2D eigenvalue weighted by Crippen LogP contribution is -2.35. The molecule has 1 aliphatic rings. The summed E-state index contributed by atoms with van der Waals surface area (Å²) in [6, 6.07) is 7.44. The molecule has 112 valence electrons. The third kappa shape index (κ3) is 4.04. The van der Waals surface area contributed by atoms with Crippen LogP contribution in [0.25, 0.3) is 0 Å². The van der Waals surface area contributed by atoms with Crippen LogP contribution in [-0.2, 0) is 22.3 Å². The summed E-state index contributed by atoms with van der Waals surface area (Å²) in [4.78, 5) is 0. The predicted octanol–water partition coefficient (Wildman–Crippen LogP) is 2.14. The normalized spacial score (nSPS) is 18.3. The number of hydrogen-bond acceptors (Lipinski definition) is 3. The minimum Gasteiger partial charge on any atom is -0.326 e. The van der Waals surface area contributed by atoms with Crippen molar-refractivity contribution in [1.82, 2.24) is 4.72 Å². The SMILES string of the molecule is CC1(CNS(=O)(=O)Cc2ccccc2CN)CCCC1. The molecule has 0 unspecified atom stereocenters. The molecule has 0 atom stereocenters. The van der Waals surface area contributed by atoms with E-state index in [0.29, 0.717) is 13.1 Å². The molecular formula is C15H24N2O2S. The van der Waals surface area contributed by atoms with Gasteiger partial charge in [-0.2, -0.15) is 0 Å². The number of benzene rings is 1. The van der Waals surface area contributed by atoms with Gasteiger partial charge in [0.25, 0.3) is 0 Å². The van der Waals surface area contributed by atoms with E-state index in [1.54, 1.807) is 0 Å². The molecule has 20 heavy (non-hydrogen) atoms. The van der Waals surface area contributed by atoms with Crippen LogP contribution >= 0.6 is 0 Å². The fourth-order valence-corrected chi connectivity index (χ4v) is 4.20. The quantitative estimate of drug-likeness (QED) is 0.845. The Labute approximate surface area is 121 Å². The van der Waals surface area contributed by atoms with Crippen LogP contribution in [0.4, 0.5) is 0 Å². The van der Waals surface area contributed by atoms with Crippen LogP contribution in [0, 0.1) is 5.41 Å². The largest absolute Gasteiger partial charge is 0.326 e. The van der Waals surface area contributed by atoms with Gasteiger partial charge in [0.2, 0.25) is 10.0 Å². The van der Waals surface area contributed by atoms with Crippen molar-refractivity contribution in [3.05, 3.63) is 35.4 Å². The molecule has 0 spiro atoms. The van der Waals surface area contributed by atoms with Crippen LogP contribution in [0.15, 0.2) is 24.3 Å². The van der Waals surface area contributed by atoms with Gasteiger partial charge in [0.05, 0.1) is 5.75 Å². The van der Waals surface area contributed by atoms with E-state index in [9.17, 15) is 8.42 Å². The zero-order valence-electron chi connectivity index (χ0n) is 12.1. The molecule has 1 aromatic rings. The van der Waals surface area contributed by atoms with E-state index in [2.05, 4.69) is 11.6 Å². The van der Waals surface area contributed by atoms with Gasteiger partial charge in [-0.05, 0) is 29.4 Å². The minimum absolute atomic E-state index is 0.0104. The van der Waals surface area contributed by atoms with Gasteiger partial charge in [-0.3, -0.25) is 0 Å². The Kier molecular flexibility index (Phi) is 4.83. The molecule has 0 amide bonds. The lowest BCUT2D eigenvalue weighted by atomic mass is 9.89. The smallest absolute Gasteiger partial charge is 0.215 e. The van der Waals surface area contributed by atoms with E-state index in [4.69, 9.17) is 5.73 Å². The highest BCUT2D eigenvalue weighted by Gasteiger charge is 2.30. The van der Waals surface area contributed by atoms with Gasteiger partial charge >= 0.3 is 0 Å². The molecule has 1 saturated carbocycles. The molecule has 4 nitrogen and oxygen atoms in total. The molecule has 5 heteroatoms. The molecule has 0 heterocycles. The van der Waals surface area contributed by atoms with Crippen LogP contribution < -0.4 is 10.5 Å². The summed E-state index contributed by atoms with van der Waals surface area (Å²) >= 11 is 0. The van der Waals surface area contributed by atoms with Crippen LogP contribution in [0.1, 0.15) is 43.7 Å². The Morgan fingerprint density at radius 1 is 1.20 bits per heavy atom. The molecule has 0 saturated heterocycles. The second-order valence-corrected chi connectivity index (χ2v) is 7.88. The molecule has 3 N–H and O–H groups in total. The molecular weight excluding hydrogens is 272 g/mol. The van der Waals surface area contributed by atoms with Crippen molar-refractivity contribution in [1.29, 1.82) is 0 Å². The first-order valence-electron chi connectivity index (χ1n) is 7.18. The number of nitrogens with two attached hydrogens (primary N) is 1. The lowest BCUT2D eigenvalue weighted by molar-refractivity contribution is 0.336. The van der Waals surface area contributed by atoms with E-state index < -0.39 is 10.0 Å². The first-order chi connectivity index (χ1) is 9.44. The van der Waals surface area contributed by atoms with Gasteiger partial charge in [0.1, 0.15) is 0 Å². The average molecular weight is 296 g/mol. The van der Waals surface area contributed by atoms with Gasteiger partial charge < -0.3 is 5.73 Å². The van der Waals surface area contributed by atoms with E-state index >= 15 is 0 Å². The highest BCUT2D eigenvalue weighted by molar-refractivity contribution is 7.88. The Balaban J connectivity index is 2.00. The first-order valence-corrected chi connectivity index (χ1v) is 8.84. The van der Waals surface area contributed by atoms with Gasteiger partial charge in [-0.1, -0.05) is 44.0 Å². The maximum atomic E-state index is 12.2. The maximum Gasteiger partial charge on any atom is 0.215 e. The van der Waals surface area contributed by atoms with E-state index in [1.165, 1.54) is 12.8 Å². The van der Waals surface area contributed by atoms with Crippen molar-refractivity contribution < 1.29 is 8.42 Å². The van der Waals surface area contributed by atoms with Gasteiger partial charge in [-0.25, -0.2) is 13.1 Å². The Bertz CT molecular complexity index is 549. The molecule has 0 aromatic heterocycles. The highest BCUT2D eigenvalue weighted by atomic mass is 32.2. The topological polar surface area (TPSA) is 72.2 Å². The summed E-state index contributed by atoms with van der Waals surface area (Å²) in [7, 11) is -3.30.